The first-order valence-corrected chi connectivity index (χ1v) is 10.9. The molecule has 1 saturated heterocycles. The molecule has 33 heavy (non-hydrogen) atoms. The van der Waals surface area contributed by atoms with Crippen molar-refractivity contribution in [1.82, 2.24) is 9.88 Å². The number of aliphatic hydroxyl groups excluding tert-OH is 1. The van der Waals surface area contributed by atoms with Gasteiger partial charge in [0.2, 0.25) is 0 Å². The van der Waals surface area contributed by atoms with Crippen LogP contribution in [-0.2, 0) is 16.1 Å². The summed E-state index contributed by atoms with van der Waals surface area (Å²) in [5, 5.41) is 11.2. The minimum absolute atomic E-state index is 0.00884. The van der Waals surface area contributed by atoms with Crippen molar-refractivity contribution in [2.24, 2.45) is 0 Å². The lowest BCUT2D eigenvalue weighted by molar-refractivity contribution is -0.140. The topological polar surface area (TPSA) is 89.0 Å². The predicted molar refractivity (Wildman–Crippen MR) is 126 cm³/mol. The lowest BCUT2D eigenvalue weighted by Gasteiger charge is -2.26. The number of rotatable bonds is 6. The molecule has 2 aromatic carbocycles. The molecule has 1 N–H and O–H groups in total. The SMILES string of the molecule is COc1ccc(/C(O)=C2\C(=O)C(=O)N(Cc3cccnc3)C2c2ccccc2OC)cc1Br. The summed E-state index contributed by atoms with van der Waals surface area (Å²) in [7, 11) is 3.05. The Morgan fingerprint density at radius 3 is 2.48 bits per heavy atom. The molecule has 0 saturated carbocycles. The molecule has 1 amide bonds. The molecule has 7 nitrogen and oxygen atoms in total. The van der Waals surface area contributed by atoms with Crippen molar-refractivity contribution in [3.8, 4) is 11.5 Å². The van der Waals surface area contributed by atoms with Gasteiger partial charge in [-0.2, -0.15) is 0 Å². The third-order valence-corrected chi connectivity index (χ3v) is 6.09. The zero-order chi connectivity index (χ0) is 23.5. The summed E-state index contributed by atoms with van der Waals surface area (Å²) in [4.78, 5) is 31.9. The molecule has 168 valence electrons. The Balaban J connectivity index is 1.90. The van der Waals surface area contributed by atoms with E-state index >= 15 is 0 Å². The Labute approximate surface area is 199 Å². The van der Waals surface area contributed by atoms with Gasteiger partial charge in [0.05, 0.1) is 30.3 Å². The van der Waals surface area contributed by atoms with Gasteiger partial charge in [-0.1, -0.05) is 24.3 Å². The van der Waals surface area contributed by atoms with Gasteiger partial charge >= 0.3 is 0 Å². The number of carbonyl (C=O) groups is 2. The lowest BCUT2D eigenvalue weighted by atomic mass is 9.94. The molecule has 2 heterocycles. The molecule has 0 aliphatic carbocycles. The van der Waals surface area contributed by atoms with Crippen molar-refractivity contribution in [1.29, 1.82) is 0 Å². The van der Waals surface area contributed by atoms with Crippen LogP contribution < -0.4 is 9.47 Å². The molecule has 1 fully saturated rings. The van der Waals surface area contributed by atoms with Gasteiger partial charge in [-0.3, -0.25) is 14.6 Å². The number of aliphatic hydroxyl groups is 1. The van der Waals surface area contributed by atoms with Crippen molar-refractivity contribution in [3.05, 3.63) is 93.7 Å². The number of benzene rings is 2. The summed E-state index contributed by atoms with van der Waals surface area (Å²) >= 11 is 3.40. The number of para-hydroxylation sites is 1. The van der Waals surface area contributed by atoms with Crippen LogP contribution in [-0.4, -0.2) is 40.9 Å². The molecule has 1 unspecified atom stereocenters. The highest BCUT2D eigenvalue weighted by molar-refractivity contribution is 9.10. The van der Waals surface area contributed by atoms with Crippen LogP contribution in [0.1, 0.15) is 22.7 Å². The first kappa shape index (κ1) is 22.5. The fourth-order valence-corrected chi connectivity index (χ4v) is 4.46. The van der Waals surface area contributed by atoms with Crippen molar-refractivity contribution >= 4 is 33.4 Å². The first-order valence-electron chi connectivity index (χ1n) is 10.1. The maximum atomic E-state index is 13.2. The second-order valence-electron chi connectivity index (χ2n) is 7.38. The summed E-state index contributed by atoms with van der Waals surface area (Å²) in [6.07, 6.45) is 3.27. The molecule has 0 radical (unpaired) electrons. The quantitative estimate of drug-likeness (QED) is 0.300. The Morgan fingerprint density at radius 2 is 1.82 bits per heavy atom. The lowest BCUT2D eigenvalue weighted by Crippen LogP contribution is -2.29. The van der Waals surface area contributed by atoms with E-state index in [0.29, 0.717) is 27.1 Å². The number of ketones is 1. The van der Waals surface area contributed by atoms with Crippen molar-refractivity contribution in [3.63, 3.8) is 0 Å². The molecular weight excluding hydrogens is 488 g/mol. The average molecular weight is 509 g/mol. The largest absolute Gasteiger partial charge is 0.507 e. The molecule has 1 atom stereocenters. The van der Waals surface area contributed by atoms with Gasteiger partial charge in [0.15, 0.2) is 0 Å². The molecule has 8 heteroatoms. The maximum Gasteiger partial charge on any atom is 0.295 e. The van der Waals surface area contributed by atoms with Gasteiger partial charge in [-0.25, -0.2) is 0 Å². The fraction of sp³-hybridized carbons (Fsp3) is 0.160. The van der Waals surface area contributed by atoms with Crippen molar-refractivity contribution in [2.45, 2.75) is 12.6 Å². The number of pyridine rings is 1. The molecule has 4 rings (SSSR count). The van der Waals surface area contributed by atoms with Gasteiger partial charge in [0, 0.05) is 30.1 Å². The first-order chi connectivity index (χ1) is 16.0. The zero-order valence-corrected chi connectivity index (χ0v) is 19.6. The number of hydrogen-bond acceptors (Lipinski definition) is 6. The number of hydrogen-bond donors (Lipinski definition) is 1. The highest BCUT2D eigenvalue weighted by Crippen LogP contribution is 2.43. The zero-order valence-electron chi connectivity index (χ0n) is 18.0. The Hall–Kier alpha value is -3.65. The van der Waals surface area contributed by atoms with E-state index in [1.54, 1.807) is 60.9 Å². The number of carbonyl (C=O) groups excluding carboxylic acids is 2. The van der Waals surface area contributed by atoms with Crippen molar-refractivity contribution in [2.75, 3.05) is 14.2 Å². The number of nitrogens with zero attached hydrogens (tertiary/aromatic N) is 2. The van der Waals surface area contributed by atoms with E-state index in [1.807, 2.05) is 6.07 Å². The number of amides is 1. The highest BCUT2D eigenvalue weighted by Gasteiger charge is 2.47. The predicted octanol–water partition coefficient (Wildman–Crippen LogP) is 4.48. The van der Waals surface area contributed by atoms with Gasteiger partial charge < -0.3 is 19.5 Å². The molecule has 1 aliphatic rings. The number of ether oxygens (including phenoxy) is 2. The monoisotopic (exact) mass is 508 g/mol. The Bertz CT molecular complexity index is 1240. The van der Waals surface area contributed by atoms with E-state index in [0.717, 1.165) is 5.56 Å². The number of Topliss-reactive ketones (excluding diaryl/α,β-unsaturated/α-hetero) is 1. The van der Waals surface area contributed by atoms with E-state index in [1.165, 1.54) is 19.1 Å². The van der Waals surface area contributed by atoms with Gasteiger partial charge in [0.25, 0.3) is 11.7 Å². The van der Waals surface area contributed by atoms with E-state index < -0.39 is 17.7 Å². The summed E-state index contributed by atoms with van der Waals surface area (Å²) in [6.45, 7) is 0.143. The highest BCUT2D eigenvalue weighted by atomic mass is 79.9. The summed E-state index contributed by atoms with van der Waals surface area (Å²) in [5.74, 6) is -0.670. The number of likely N-dealkylation sites (tertiary alicyclic amines) is 1. The molecular formula is C25H21BrN2O5. The van der Waals surface area contributed by atoms with Gasteiger partial charge in [-0.05, 0) is 51.8 Å². The minimum atomic E-state index is -0.845. The minimum Gasteiger partial charge on any atom is -0.507 e. The smallest absolute Gasteiger partial charge is 0.295 e. The van der Waals surface area contributed by atoms with Crippen LogP contribution >= 0.6 is 15.9 Å². The van der Waals surface area contributed by atoms with Gasteiger partial charge in [0.1, 0.15) is 17.3 Å². The Morgan fingerprint density at radius 1 is 1.06 bits per heavy atom. The Kier molecular flexibility index (Phi) is 6.46. The second kappa shape index (κ2) is 9.46. The van der Waals surface area contributed by atoms with Crippen LogP contribution in [0.15, 0.2) is 77.0 Å². The van der Waals surface area contributed by atoms with E-state index in [4.69, 9.17) is 9.47 Å². The average Bonchev–Trinajstić information content (AvgIpc) is 3.09. The third kappa shape index (κ3) is 4.21. The summed E-state index contributed by atoms with van der Waals surface area (Å²) in [5.41, 5.74) is 1.72. The van der Waals surface area contributed by atoms with Crippen LogP contribution in [0.2, 0.25) is 0 Å². The van der Waals surface area contributed by atoms with E-state index in [9.17, 15) is 14.7 Å². The van der Waals surface area contributed by atoms with Gasteiger partial charge in [-0.15, -0.1) is 0 Å². The molecule has 3 aromatic rings. The van der Waals surface area contributed by atoms with E-state index in [2.05, 4.69) is 20.9 Å². The standard InChI is InChI=1S/C25H21BrN2O5/c1-32-19-8-4-3-7-17(19)22-21(23(29)16-9-10-20(33-2)18(26)12-16)24(30)25(31)28(22)14-15-6-5-11-27-13-15/h3-13,22,29H,14H2,1-2H3/b23-21+. The molecule has 0 spiro atoms. The molecule has 0 bridgehead atoms. The van der Waals surface area contributed by atoms with Crippen molar-refractivity contribution < 1.29 is 24.2 Å². The summed E-state index contributed by atoms with van der Waals surface area (Å²) < 4.78 is 11.4. The molecule has 1 aliphatic heterocycles. The number of halogens is 1. The number of aromatic nitrogens is 1. The van der Waals surface area contributed by atoms with Crippen LogP contribution in [0, 0.1) is 0 Å². The van der Waals surface area contributed by atoms with Crippen LogP contribution in [0.5, 0.6) is 11.5 Å². The number of methoxy groups -OCH3 is 2. The summed E-state index contributed by atoms with van der Waals surface area (Å²) in [6, 6.07) is 14.8. The van der Waals surface area contributed by atoms with Crippen LogP contribution in [0.25, 0.3) is 5.76 Å². The molecule has 1 aromatic heterocycles. The van der Waals surface area contributed by atoms with Crippen LogP contribution in [0.3, 0.4) is 0 Å². The fourth-order valence-electron chi connectivity index (χ4n) is 3.92. The third-order valence-electron chi connectivity index (χ3n) is 5.47. The van der Waals surface area contributed by atoms with E-state index in [-0.39, 0.29) is 17.9 Å². The van der Waals surface area contributed by atoms with Crippen LogP contribution in [0.4, 0.5) is 0 Å². The normalized spacial score (nSPS) is 17.3. The second-order valence-corrected chi connectivity index (χ2v) is 8.23. The maximum absolute atomic E-state index is 13.2.